The molecule has 1 aromatic rings. The van der Waals surface area contributed by atoms with Crippen LogP contribution in [0, 0.1) is 10.1 Å². The lowest BCUT2D eigenvalue weighted by Gasteiger charge is -2.14. The molecule has 0 bridgehead atoms. The van der Waals surface area contributed by atoms with Crippen LogP contribution < -0.4 is 15.4 Å². The summed E-state index contributed by atoms with van der Waals surface area (Å²) in [6.07, 6.45) is 2.11. The molecule has 0 saturated carbocycles. The number of hydrogen-bond acceptors (Lipinski definition) is 6. The minimum Gasteiger partial charge on any atom is -0.546 e. The van der Waals surface area contributed by atoms with Crippen molar-refractivity contribution >= 4 is 40.8 Å². The lowest BCUT2D eigenvalue weighted by atomic mass is 10.2. The van der Waals surface area contributed by atoms with E-state index in [1.807, 2.05) is 6.26 Å². The Morgan fingerprint density at radius 3 is 2.84 bits per heavy atom. The van der Waals surface area contributed by atoms with Crippen molar-refractivity contribution in [2.45, 2.75) is 12.5 Å². The van der Waals surface area contributed by atoms with Gasteiger partial charge in [0.25, 0.3) is 0 Å². The molecule has 1 heterocycles. The average Bonchev–Trinajstić information content (AvgIpc) is 2.33. The van der Waals surface area contributed by atoms with E-state index in [2.05, 4.69) is 10.3 Å². The van der Waals surface area contributed by atoms with E-state index in [1.165, 1.54) is 23.9 Å². The molecule has 7 nitrogen and oxygen atoms in total. The molecule has 104 valence electrons. The number of carboxylic acids is 1. The normalized spacial score (nSPS) is 11.9. The number of nitrogens with zero attached hydrogens (tertiary/aromatic N) is 1. The molecule has 0 saturated heterocycles. The summed E-state index contributed by atoms with van der Waals surface area (Å²) in [4.78, 5) is 23.7. The van der Waals surface area contributed by atoms with Crippen LogP contribution in [0.15, 0.2) is 12.1 Å². The molecule has 0 aromatic carbocycles. The van der Waals surface area contributed by atoms with Crippen LogP contribution >= 0.6 is 23.4 Å². The number of halogens is 1. The van der Waals surface area contributed by atoms with Crippen molar-refractivity contribution in [1.29, 1.82) is 0 Å². The molecule has 0 aliphatic heterocycles. The number of carboxylic acid groups (broad SMARTS) is 1. The quantitative estimate of drug-likeness (QED) is 0.442. The van der Waals surface area contributed by atoms with Gasteiger partial charge in [-0.1, -0.05) is 0 Å². The number of carbonyl (C=O) groups is 1. The number of pyridine rings is 1. The number of nitrogens with one attached hydrogen (secondary N) is 2. The third-order valence-electron chi connectivity index (χ3n) is 2.30. The SMILES string of the molecule is CSCC[C@@H](Nc1[nH+]c(Cl)ccc1[N+](=O)[O-])C(=O)[O-]. The molecule has 0 aliphatic carbocycles. The Morgan fingerprint density at radius 1 is 1.63 bits per heavy atom. The molecule has 1 atom stereocenters. The second-order valence-electron chi connectivity index (χ2n) is 3.62. The molecule has 9 heteroatoms. The molecule has 1 aromatic heterocycles. The standard InChI is InChI=1S/C10H12ClN3O4S/c1-19-5-4-6(10(15)16)12-9-7(14(17)18)2-3-8(11)13-9/h2-3,6H,4-5H2,1H3,(H,12,13)(H,15,16)/t6-/m1/s1. The van der Waals surface area contributed by atoms with E-state index in [4.69, 9.17) is 11.6 Å². The number of hydrogen-bond donors (Lipinski definition) is 1. The fourth-order valence-electron chi connectivity index (χ4n) is 1.38. The predicted octanol–water partition coefficient (Wildman–Crippen LogP) is 0.346. The zero-order chi connectivity index (χ0) is 14.4. The fourth-order valence-corrected chi connectivity index (χ4v) is 2.01. The summed E-state index contributed by atoms with van der Waals surface area (Å²) in [5.41, 5.74) is -0.278. The van der Waals surface area contributed by atoms with E-state index in [0.29, 0.717) is 5.75 Å². The molecule has 0 spiro atoms. The lowest BCUT2D eigenvalue weighted by molar-refractivity contribution is -0.409. The van der Waals surface area contributed by atoms with Gasteiger partial charge in [-0.05, 0) is 23.6 Å². The van der Waals surface area contributed by atoms with Crippen LogP contribution in [0.3, 0.4) is 0 Å². The van der Waals surface area contributed by atoms with Gasteiger partial charge < -0.3 is 9.90 Å². The van der Waals surface area contributed by atoms with Crippen LogP contribution in [0.1, 0.15) is 6.42 Å². The Bertz CT molecular complexity index is 486. The van der Waals surface area contributed by atoms with E-state index in [0.717, 1.165) is 0 Å². The molecule has 0 unspecified atom stereocenters. The minimum absolute atomic E-state index is 0.0483. The maximum Gasteiger partial charge on any atom is 0.357 e. The van der Waals surface area contributed by atoms with E-state index >= 15 is 0 Å². The van der Waals surface area contributed by atoms with Crippen LogP contribution in [0.25, 0.3) is 0 Å². The van der Waals surface area contributed by atoms with Crippen LogP contribution in [0.4, 0.5) is 11.5 Å². The summed E-state index contributed by atoms with van der Waals surface area (Å²) >= 11 is 7.17. The fraction of sp³-hybridized carbons (Fsp3) is 0.400. The van der Waals surface area contributed by atoms with E-state index in [-0.39, 0.29) is 23.1 Å². The summed E-state index contributed by atoms with van der Waals surface area (Å²) in [7, 11) is 0. The summed E-state index contributed by atoms with van der Waals surface area (Å²) in [6.45, 7) is 0. The number of nitro groups is 1. The number of carbonyl (C=O) groups excluding carboxylic acids is 1. The number of aliphatic carboxylic acids is 1. The van der Waals surface area contributed by atoms with Gasteiger partial charge in [0.1, 0.15) is 6.04 Å². The largest absolute Gasteiger partial charge is 0.546 e. The third kappa shape index (κ3) is 4.56. The number of aromatic nitrogens is 1. The smallest absolute Gasteiger partial charge is 0.357 e. The monoisotopic (exact) mass is 305 g/mol. The molecule has 1 rings (SSSR count). The Morgan fingerprint density at radius 2 is 2.32 bits per heavy atom. The van der Waals surface area contributed by atoms with Gasteiger partial charge in [0, 0.05) is 18.6 Å². The second kappa shape index (κ2) is 7.15. The first kappa shape index (κ1) is 15.5. The van der Waals surface area contributed by atoms with Crippen LogP contribution in [0.2, 0.25) is 5.15 Å². The van der Waals surface area contributed by atoms with Gasteiger partial charge in [-0.2, -0.15) is 11.8 Å². The van der Waals surface area contributed by atoms with Gasteiger partial charge >= 0.3 is 11.5 Å². The second-order valence-corrected chi connectivity index (χ2v) is 5.01. The Hall–Kier alpha value is -1.54. The highest BCUT2D eigenvalue weighted by Crippen LogP contribution is 2.21. The maximum atomic E-state index is 11.0. The average molecular weight is 306 g/mol. The van der Waals surface area contributed by atoms with Gasteiger partial charge in [0.2, 0.25) is 0 Å². The first-order chi connectivity index (χ1) is 8.95. The molecular weight excluding hydrogens is 294 g/mol. The number of H-pyrrole nitrogens is 1. The van der Waals surface area contributed by atoms with Gasteiger partial charge in [-0.15, -0.1) is 0 Å². The summed E-state index contributed by atoms with van der Waals surface area (Å²) in [5.74, 6) is -0.787. The Labute approximate surface area is 118 Å². The van der Waals surface area contributed by atoms with E-state index < -0.39 is 16.9 Å². The number of rotatable bonds is 7. The van der Waals surface area contributed by atoms with Gasteiger partial charge in [0.05, 0.1) is 10.9 Å². The van der Waals surface area contributed by atoms with Crippen LogP contribution in [0.5, 0.6) is 0 Å². The molecule has 19 heavy (non-hydrogen) atoms. The predicted molar refractivity (Wildman–Crippen MR) is 70.1 cm³/mol. The van der Waals surface area contributed by atoms with E-state index in [1.54, 1.807) is 0 Å². The van der Waals surface area contributed by atoms with Crippen molar-refractivity contribution in [3.05, 3.63) is 27.4 Å². The summed E-state index contributed by atoms with van der Waals surface area (Å²) in [5, 5.41) is 24.5. The first-order valence-corrected chi connectivity index (χ1v) is 7.05. The number of anilines is 1. The molecule has 2 N–H and O–H groups in total. The molecular formula is C10H12ClN3O4S. The first-order valence-electron chi connectivity index (χ1n) is 5.28. The highest BCUT2D eigenvalue weighted by Gasteiger charge is 2.25. The Balaban J connectivity index is 2.97. The molecule has 0 amide bonds. The van der Waals surface area contributed by atoms with Gasteiger partial charge in [-0.25, -0.2) is 4.98 Å². The highest BCUT2D eigenvalue weighted by molar-refractivity contribution is 7.98. The van der Waals surface area contributed by atoms with Crippen LogP contribution in [-0.2, 0) is 4.79 Å². The third-order valence-corrected chi connectivity index (χ3v) is 3.16. The number of aromatic amines is 1. The van der Waals surface area contributed by atoms with Crippen molar-refractivity contribution in [2.75, 3.05) is 17.3 Å². The van der Waals surface area contributed by atoms with Crippen molar-refractivity contribution < 1.29 is 19.8 Å². The lowest BCUT2D eigenvalue weighted by Crippen LogP contribution is -2.42. The van der Waals surface area contributed by atoms with Crippen molar-refractivity contribution in [2.24, 2.45) is 0 Å². The van der Waals surface area contributed by atoms with Crippen molar-refractivity contribution in [1.82, 2.24) is 0 Å². The topological polar surface area (TPSA) is 109 Å². The van der Waals surface area contributed by atoms with Crippen molar-refractivity contribution in [3.63, 3.8) is 0 Å². The maximum absolute atomic E-state index is 11.0. The van der Waals surface area contributed by atoms with Crippen LogP contribution in [-0.4, -0.2) is 28.9 Å². The summed E-state index contributed by atoms with van der Waals surface area (Å²) in [6, 6.07) is 1.49. The van der Waals surface area contributed by atoms with E-state index in [9.17, 15) is 20.0 Å². The van der Waals surface area contributed by atoms with Gasteiger partial charge in [-0.3, -0.25) is 15.4 Å². The molecule has 0 fully saturated rings. The summed E-state index contributed by atoms with van der Waals surface area (Å²) < 4.78 is 0. The molecule has 0 aliphatic rings. The number of thioether (sulfide) groups is 1. The van der Waals surface area contributed by atoms with Gasteiger partial charge in [0.15, 0.2) is 5.15 Å². The zero-order valence-electron chi connectivity index (χ0n) is 10.0. The minimum atomic E-state index is -1.32. The molecule has 0 radical (unpaired) electrons. The zero-order valence-corrected chi connectivity index (χ0v) is 11.6. The highest BCUT2D eigenvalue weighted by atomic mass is 35.5. The Kier molecular flexibility index (Phi) is 5.84. The van der Waals surface area contributed by atoms with Crippen molar-refractivity contribution in [3.8, 4) is 0 Å².